The van der Waals surface area contributed by atoms with Gasteiger partial charge in [0.25, 0.3) is 5.91 Å². The van der Waals surface area contributed by atoms with Gasteiger partial charge in [0.05, 0.1) is 6.21 Å². The molecule has 2 aromatic rings. The lowest BCUT2D eigenvalue weighted by Gasteiger charge is -2.05. The molecule has 0 unspecified atom stereocenters. The van der Waals surface area contributed by atoms with Crippen molar-refractivity contribution >= 4 is 28.1 Å². The average molecular weight is 345 g/mol. The van der Waals surface area contributed by atoms with E-state index in [4.69, 9.17) is 0 Å². The second kappa shape index (κ2) is 7.18. The van der Waals surface area contributed by atoms with E-state index in [1.807, 2.05) is 48.5 Å². The maximum absolute atomic E-state index is 11.9. The molecule has 0 aliphatic heterocycles. The molecule has 1 N–H and O–H groups in total. The van der Waals surface area contributed by atoms with Crippen molar-refractivity contribution in [2.24, 2.45) is 5.10 Å². The van der Waals surface area contributed by atoms with Crippen molar-refractivity contribution in [1.29, 1.82) is 0 Å². The van der Waals surface area contributed by atoms with E-state index in [0.29, 0.717) is 11.5 Å². The van der Waals surface area contributed by atoms with Crippen molar-refractivity contribution in [1.82, 2.24) is 5.43 Å². The molecule has 0 aromatic heterocycles. The Hall–Kier alpha value is -1.94. The predicted octanol–water partition coefficient (Wildman–Crippen LogP) is 4.34. The molecule has 0 radical (unpaired) electrons. The van der Waals surface area contributed by atoms with Crippen molar-refractivity contribution in [3.63, 3.8) is 0 Å². The fraction of sp³-hybridized carbons (Fsp3) is 0.176. The second-order valence-electron chi connectivity index (χ2n) is 5.03. The maximum atomic E-state index is 11.9. The van der Waals surface area contributed by atoms with Crippen LogP contribution < -0.4 is 5.43 Å². The van der Waals surface area contributed by atoms with Gasteiger partial charge >= 0.3 is 0 Å². The van der Waals surface area contributed by atoms with E-state index in [2.05, 4.69) is 40.3 Å². The molecule has 0 saturated carbocycles. The molecule has 0 fully saturated rings. The minimum Gasteiger partial charge on any atom is -0.267 e. The number of hydrogen-bond donors (Lipinski definition) is 1. The molecule has 0 atom stereocenters. The molecule has 2 rings (SSSR count). The van der Waals surface area contributed by atoms with Gasteiger partial charge in [-0.3, -0.25) is 4.79 Å². The van der Waals surface area contributed by atoms with E-state index < -0.39 is 0 Å². The summed E-state index contributed by atoms with van der Waals surface area (Å²) in [5, 5.41) is 3.97. The van der Waals surface area contributed by atoms with Gasteiger partial charge < -0.3 is 0 Å². The van der Waals surface area contributed by atoms with Crippen LogP contribution in [0.4, 0.5) is 0 Å². The summed E-state index contributed by atoms with van der Waals surface area (Å²) >= 11 is 3.37. The molecule has 0 aliphatic carbocycles. The monoisotopic (exact) mass is 344 g/mol. The summed E-state index contributed by atoms with van der Waals surface area (Å²) in [5.41, 5.74) is 5.27. The lowest BCUT2D eigenvalue weighted by Crippen LogP contribution is -2.17. The van der Waals surface area contributed by atoms with Crippen LogP contribution in [0.3, 0.4) is 0 Å². The molecule has 21 heavy (non-hydrogen) atoms. The van der Waals surface area contributed by atoms with Crippen LogP contribution >= 0.6 is 15.9 Å². The Balaban J connectivity index is 1.96. The summed E-state index contributed by atoms with van der Waals surface area (Å²) in [6, 6.07) is 15.3. The fourth-order valence-corrected chi connectivity index (χ4v) is 2.06. The van der Waals surface area contributed by atoms with Crippen LogP contribution in [0.25, 0.3) is 0 Å². The largest absolute Gasteiger partial charge is 0.271 e. The number of hydrazone groups is 1. The van der Waals surface area contributed by atoms with Gasteiger partial charge in [-0.15, -0.1) is 0 Å². The summed E-state index contributed by atoms with van der Waals surface area (Å²) in [7, 11) is 0. The summed E-state index contributed by atoms with van der Waals surface area (Å²) in [5.74, 6) is 0.246. The molecular formula is C17H17BrN2O. The zero-order chi connectivity index (χ0) is 15.2. The number of rotatable bonds is 4. The van der Waals surface area contributed by atoms with Crippen molar-refractivity contribution < 1.29 is 4.79 Å². The highest BCUT2D eigenvalue weighted by Gasteiger charge is 2.05. The van der Waals surface area contributed by atoms with Crippen molar-refractivity contribution in [3.8, 4) is 0 Å². The lowest BCUT2D eigenvalue weighted by molar-refractivity contribution is 0.0955. The molecule has 0 spiro atoms. The van der Waals surface area contributed by atoms with Gasteiger partial charge in [0.15, 0.2) is 0 Å². The quantitative estimate of drug-likeness (QED) is 0.650. The van der Waals surface area contributed by atoms with Gasteiger partial charge in [0.2, 0.25) is 0 Å². The van der Waals surface area contributed by atoms with Crippen molar-refractivity contribution in [3.05, 3.63) is 69.7 Å². The number of nitrogens with zero attached hydrogens (tertiary/aromatic N) is 1. The van der Waals surface area contributed by atoms with Gasteiger partial charge in [-0.2, -0.15) is 5.10 Å². The minimum atomic E-state index is -0.210. The van der Waals surface area contributed by atoms with E-state index in [1.54, 1.807) is 6.21 Å². The zero-order valence-corrected chi connectivity index (χ0v) is 13.6. The Morgan fingerprint density at radius 3 is 2.29 bits per heavy atom. The van der Waals surface area contributed by atoms with Gasteiger partial charge in [0, 0.05) is 10.0 Å². The number of amides is 1. The smallest absolute Gasteiger partial charge is 0.267 e. The normalized spacial score (nSPS) is 11.0. The molecule has 2 aromatic carbocycles. The lowest BCUT2D eigenvalue weighted by atomic mass is 10.0. The topological polar surface area (TPSA) is 41.5 Å². The number of nitrogens with one attached hydrogen (secondary N) is 1. The van der Waals surface area contributed by atoms with Gasteiger partial charge in [-0.1, -0.05) is 54.0 Å². The standard InChI is InChI=1S/C17H17BrN2O/c1-12(2)14-5-7-15(8-6-14)17(21)20-19-11-13-3-9-16(18)10-4-13/h3-12H,1-2H3,(H,20,21). The van der Waals surface area contributed by atoms with E-state index in [9.17, 15) is 4.79 Å². The van der Waals surface area contributed by atoms with Crippen molar-refractivity contribution in [2.75, 3.05) is 0 Å². The highest BCUT2D eigenvalue weighted by Crippen LogP contribution is 2.14. The van der Waals surface area contributed by atoms with E-state index in [0.717, 1.165) is 10.0 Å². The van der Waals surface area contributed by atoms with Crippen molar-refractivity contribution in [2.45, 2.75) is 19.8 Å². The molecule has 0 heterocycles. The zero-order valence-electron chi connectivity index (χ0n) is 12.0. The third-order valence-electron chi connectivity index (χ3n) is 3.09. The number of hydrogen-bond acceptors (Lipinski definition) is 2. The Morgan fingerprint density at radius 1 is 1.10 bits per heavy atom. The van der Waals surface area contributed by atoms with Gasteiger partial charge in [-0.05, 0) is 41.3 Å². The third-order valence-corrected chi connectivity index (χ3v) is 3.62. The Labute approximate surface area is 133 Å². The van der Waals surface area contributed by atoms with Crippen LogP contribution in [0.2, 0.25) is 0 Å². The van der Waals surface area contributed by atoms with Crippen LogP contribution in [0.15, 0.2) is 58.1 Å². The van der Waals surface area contributed by atoms with Gasteiger partial charge in [0.1, 0.15) is 0 Å². The van der Waals surface area contributed by atoms with E-state index in [1.165, 1.54) is 5.56 Å². The highest BCUT2D eigenvalue weighted by atomic mass is 79.9. The fourth-order valence-electron chi connectivity index (χ4n) is 1.80. The molecule has 4 heteroatoms. The number of carbonyl (C=O) groups excluding carboxylic acids is 1. The summed E-state index contributed by atoms with van der Waals surface area (Å²) in [6.07, 6.45) is 1.62. The molecule has 1 amide bonds. The summed E-state index contributed by atoms with van der Waals surface area (Å²) in [6.45, 7) is 4.25. The van der Waals surface area contributed by atoms with Crippen LogP contribution in [0.5, 0.6) is 0 Å². The summed E-state index contributed by atoms with van der Waals surface area (Å²) in [4.78, 5) is 11.9. The second-order valence-corrected chi connectivity index (χ2v) is 5.94. The number of carbonyl (C=O) groups is 1. The molecule has 108 valence electrons. The first kappa shape index (κ1) is 15.4. The SMILES string of the molecule is CC(C)c1ccc(C(=O)NN=Cc2ccc(Br)cc2)cc1. The minimum absolute atomic E-state index is 0.210. The average Bonchev–Trinajstić information content (AvgIpc) is 2.49. The summed E-state index contributed by atoms with van der Waals surface area (Å²) < 4.78 is 1.01. The first-order chi connectivity index (χ1) is 10.1. The molecular weight excluding hydrogens is 328 g/mol. The molecule has 3 nitrogen and oxygen atoms in total. The van der Waals surface area contributed by atoms with Crippen LogP contribution in [-0.2, 0) is 0 Å². The predicted molar refractivity (Wildman–Crippen MR) is 89.7 cm³/mol. The third kappa shape index (κ3) is 4.53. The van der Waals surface area contributed by atoms with E-state index >= 15 is 0 Å². The number of halogens is 1. The Kier molecular flexibility index (Phi) is 5.28. The first-order valence-corrected chi connectivity index (χ1v) is 7.54. The first-order valence-electron chi connectivity index (χ1n) is 6.75. The van der Waals surface area contributed by atoms with Crippen LogP contribution in [-0.4, -0.2) is 12.1 Å². The number of benzene rings is 2. The van der Waals surface area contributed by atoms with Crippen LogP contribution in [0, 0.1) is 0 Å². The maximum Gasteiger partial charge on any atom is 0.271 e. The van der Waals surface area contributed by atoms with E-state index in [-0.39, 0.29) is 5.91 Å². The Bertz CT molecular complexity index is 631. The molecule has 0 bridgehead atoms. The highest BCUT2D eigenvalue weighted by molar-refractivity contribution is 9.10. The van der Waals surface area contributed by atoms with Crippen LogP contribution in [0.1, 0.15) is 41.3 Å². The molecule has 0 saturated heterocycles. The molecule has 0 aliphatic rings. The Morgan fingerprint density at radius 2 is 1.71 bits per heavy atom. The van der Waals surface area contributed by atoms with Gasteiger partial charge in [-0.25, -0.2) is 5.43 Å².